The number of nitrogens with zero attached hydrogens (tertiary/aromatic N) is 2. The fraction of sp³-hybridized carbons (Fsp3) is 0.722. The predicted molar refractivity (Wildman–Crippen MR) is 92.8 cm³/mol. The van der Waals surface area contributed by atoms with Crippen molar-refractivity contribution in [2.45, 2.75) is 57.9 Å². The molecular formula is C18H28N2OS. The molecule has 0 bridgehead atoms. The number of hydrogen-bond donors (Lipinski definition) is 0. The van der Waals surface area contributed by atoms with Crippen molar-refractivity contribution in [2.24, 2.45) is 0 Å². The second kappa shape index (κ2) is 7.14. The van der Waals surface area contributed by atoms with Gasteiger partial charge in [-0.2, -0.15) is 0 Å². The molecular weight excluding hydrogens is 292 g/mol. The van der Waals surface area contributed by atoms with Crippen molar-refractivity contribution in [1.29, 1.82) is 0 Å². The predicted octanol–water partition coefficient (Wildman–Crippen LogP) is 3.96. The van der Waals surface area contributed by atoms with Crippen molar-refractivity contribution in [3.63, 3.8) is 0 Å². The molecule has 3 nitrogen and oxygen atoms in total. The summed E-state index contributed by atoms with van der Waals surface area (Å²) in [6.45, 7) is 8.83. The lowest BCUT2D eigenvalue weighted by molar-refractivity contribution is 0.0695. The first-order valence-electron chi connectivity index (χ1n) is 8.78. The maximum absolute atomic E-state index is 12.9. The molecule has 22 heavy (non-hydrogen) atoms. The summed E-state index contributed by atoms with van der Waals surface area (Å²) < 4.78 is 0. The van der Waals surface area contributed by atoms with Gasteiger partial charge in [-0.15, -0.1) is 11.3 Å². The molecule has 3 heterocycles. The van der Waals surface area contributed by atoms with E-state index in [9.17, 15) is 4.79 Å². The van der Waals surface area contributed by atoms with Crippen molar-refractivity contribution in [3.05, 3.63) is 21.9 Å². The van der Waals surface area contributed by atoms with E-state index in [2.05, 4.69) is 29.7 Å². The number of thiophene rings is 1. The van der Waals surface area contributed by atoms with Crippen LogP contribution in [0.15, 0.2) is 12.1 Å². The van der Waals surface area contributed by atoms with Crippen LogP contribution in [0.4, 0.5) is 0 Å². The van der Waals surface area contributed by atoms with Crippen LogP contribution >= 0.6 is 11.3 Å². The van der Waals surface area contributed by atoms with Gasteiger partial charge in [0.15, 0.2) is 0 Å². The van der Waals surface area contributed by atoms with Crippen molar-refractivity contribution >= 4 is 17.2 Å². The number of carbonyl (C=O) groups excluding carboxylic acids is 1. The second-order valence-electron chi connectivity index (χ2n) is 7.01. The number of hydrogen-bond acceptors (Lipinski definition) is 3. The second-order valence-corrected chi connectivity index (χ2v) is 8.13. The van der Waals surface area contributed by atoms with E-state index < -0.39 is 0 Å². The van der Waals surface area contributed by atoms with Gasteiger partial charge in [0.25, 0.3) is 5.91 Å². The van der Waals surface area contributed by atoms with Gasteiger partial charge >= 0.3 is 0 Å². The van der Waals surface area contributed by atoms with Gasteiger partial charge in [0.05, 0.1) is 4.88 Å². The lowest BCUT2D eigenvalue weighted by Gasteiger charge is -2.32. The summed E-state index contributed by atoms with van der Waals surface area (Å²) >= 11 is 1.68. The van der Waals surface area contributed by atoms with Crippen LogP contribution in [0, 0.1) is 0 Å². The molecule has 0 radical (unpaired) electrons. The summed E-state index contributed by atoms with van der Waals surface area (Å²) in [5.41, 5.74) is 0. The standard InChI is InChI=1S/C18H28N2OS/c1-14(2)16-8-9-17(22-16)18(21)20-12-6-7-15(20)13-19-10-4-3-5-11-19/h8-9,14-15H,3-7,10-13H2,1-2H3/t15-/m1/s1. The molecule has 0 aliphatic carbocycles. The first-order valence-corrected chi connectivity index (χ1v) is 9.60. The van der Waals surface area contributed by atoms with Crippen LogP contribution in [0.1, 0.15) is 66.4 Å². The van der Waals surface area contributed by atoms with E-state index in [4.69, 9.17) is 0 Å². The molecule has 2 aliphatic rings. The minimum Gasteiger partial charge on any atom is -0.334 e. The van der Waals surface area contributed by atoms with Gasteiger partial charge in [0.2, 0.25) is 0 Å². The molecule has 122 valence electrons. The third kappa shape index (κ3) is 3.54. The smallest absolute Gasteiger partial charge is 0.264 e. The molecule has 1 aromatic heterocycles. The molecule has 3 rings (SSSR count). The summed E-state index contributed by atoms with van der Waals surface area (Å²) in [6.07, 6.45) is 6.35. The summed E-state index contributed by atoms with van der Waals surface area (Å²) in [4.78, 5) is 19.8. The van der Waals surface area contributed by atoms with E-state index in [1.165, 1.54) is 43.6 Å². The van der Waals surface area contributed by atoms with Gasteiger partial charge in [-0.3, -0.25) is 4.79 Å². The fourth-order valence-corrected chi connectivity index (χ4v) is 4.62. The Hall–Kier alpha value is -0.870. The van der Waals surface area contributed by atoms with E-state index in [0.29, 0.717) is 12.0 Å². The zero-order valence-corrected chi connectivity index (χ0v) is 14.7. The van der Waals surface area contributed by atoms with Gasteiger partial charge in [0, 0.05) is 24.0 Å². The Morgan fingerprint density at radius 1 is 1.18 bits per heavy atom. The number of piperidine rings is 1. The highest BCUT2D eigenvalue weighted by Gasteiger charge is 2.31. The third-order valence-corrected chi connectivity index (χ3v) is 6.34. The molecule has 4 heteroatoms. The van der Waals surface area contributed by atoms with Crippen LogP contribution in [0.3, 0.4) is 0 Å². The van der Waals surface area contributed by atoms with E-state index in [-0.39, 0.29) is 5.91 Å². The molecule has 0 aromatic carbocycles. The highest BCUT2D eigenvalue weighted by Crippen LogP contribution is 2.28. The molecule has 2 saturated heterocycles. The SMILES string of the molecule is CC(C)c1ccc(C(=O)N2CCC[C@@H]2CN2CCCCC2)s1. The molecule has 2 aliphatic heterocycles. The zero-order chi connectivity index (χ0) is 15.5. The number of rotatable bonds is 4. The van der Waals surface area contributed by atoms with Crippen LogP contribution in [0.5, 0.6) is 0 Å². The van der Waals surface area contributed by atoms with Crippen molar-refractivity contribution in [3.8, 4) is 0 Å². The Labute approximate surface area is 138 Å². The normalized spacial score (nSPS) is 23.4. The van der Waals surface area contributed by atoms with Gasteiger partial charge in [-0.25, -0.2) is 0 Å². The maximum Gasteiger partial charge on any atom is 0.264 e. The molecule has 0 saturated carbocycles. The first kappa shape index (κ1) is 16.0. The number of carbonyl (C=O) groups is 1. The maximum atomic E-state index is 12.9. The van der Waals surface area contributed by atoms with Crippen molar-refractivity contribution < 1.29 is 4.79 Å². The molecule has 0 spiro atoms. The van der Waals surface area contributed by atoms with Crippen molar-refractivity contribution in [1.82, 2.24) is 9.80 Å². The van der Waals surface area contributed by atoms with E-state index in [0.717, 1.165) is 24.4 Å². The molecule has 1 aromatic rings. The van der Waals surface area contributed by atoms with Gasteiger partial charge in [0.1, 0.15) is 0 Å². The Bertz CT molecular complexity index is 505. The lowest BCUT2D eigenvalue weighted by atomic mass is 10.1. The number of likely N-dealkylation sites (tertiary alicyclic amines) is 2. The average molecular weight is 321 g/mol. The van der Waals surface area contributed by atoms with E-state index >= 15 is 0 Å². The molecule has 0 unspecified atom stereocenters. The van der Waals surface area contributed by atoms with Gasteiger partial charge in [-0.1, -0.05) is 20.3 Å². The van der Waals surface area contributed by atoms with Crippen LogP contribution < -0.4 is 0 Å². The third-order valence-electron chi connectivity index (χ3n) is 4.96. The summed E-state index contributed by atoms with van der Waals surface area (Å²) in [5, 5.41) is 0. The fourth-order valence-electron chi connectivity index (χ4n) is 3.65. The quantitative estimate of drug-likeness (QED) is 0.838. The summed E-state index contributed by atoms with van der Waals surface area (Å²) in [6, 6.07) is 4.58. The van der Waals surface area contributed by atoms with E-state index in [1.54, 1.807) is 11.3 Å². The van der Waals surface area contributed by atoms with Crippen LogP contribution in [-0.2, 0) is 0 Å². The highest BCUT2D eigenvalue weighted by molar-refractivity contribution is 7.14. The topological polar surface area (TPSA) is 23.6 Å². The van der Waals surface area contributed by atoms with E-state index in [1.807, 2.05) is 6.07 Å². The van der Waals surface area contributed by atoms with Crippen molar-refractivity contribution in [2.75, 3.05) is 26.2 Å². The zero-order valence-electron chi connectivity index (χ0n) is 13.9. The first-order chi connectivity index (χ1) is 10.6. The highest BCUT2D eigenvalue weighted by atomic mass is 32.1. The van der Waals surface area contributed by atoms with Gasteiger partial charge < -0.3 is 9.80 Å². The van der Waals surface area contributed by atoms with Crippen LogP contribution in [-0.4, -0.2) is 47.9 Å². The largest absolute Gasteiger partial charge is 0.334 e. The average Bonchev–Trinajstić information content (AvgIpc) is 3.17. The van der Waals surface area contributed by atoms with Crippen LogP contribution in [0.2, 0.25) is 0 Å². The number of amides is 1. The minimum absolute atomic E-state index is 0.261. The molecule has 1 atom stereocenters. The molecule has 1 amide bonds. The Kier molecular flexibility index (Phi) is 5.19. The molecule has 0 N–H and O–H groups in total. The Morgan fingerprint density at radius 2 is 1.95 bits per heavy atom. The van der Waals surface area contributed by atoms with Crippen LogP contribution in [0.25, 0.3) is 0 Å². The monoisotopic (exact) mass is 320 g/mol. The Balaban J connectivity index is 1.64. The van der Waals surface area contributed by atoms with Gasteiger partial charge in [-0.05, 0) is 56.8 Å². The Morgan fingerprint density at radius 3 is 2.64 bits per heavy atom. The lowest BCUT2D eigenvalue weighted by Crippen LogP contribution is -2.44. The minimum atomic E-state index is 0.261. The summed E-state index contributed by atoms with van der Waals surface area (Å²) in [7, 11) is 0. The summed E-state index contributed by atoms with van der Waals surface area (Å²) in [5.74, 6) is 0.769. The molecule has 2 fully saturated rings.